The van der Waals surface area contributed by atoms with Crippen molar-refractivity contribution in [3.8, 4) is 5.88 Å². The number of nitrogens with zero attached hydrogens (tertiary/aromatic N) is 3. The number of aromatic amines is 1. The van der Waals surface area contributed by atoms with Gasteiger partial charge in [0.25, 0.3) is 31.7 Å². The fraction of sp³-hybridized carbons (Fsp3) is 0.389. The Morgan fingerprint density at radius 1 is 0.970 bits per heavy atom. The number of aryl methyl sites for hydroxylation is 1. The summed E-state index contributed by atoms with van der Waals surface area (Å²) in [6.07, 6.45) is 7.28. The first kappa shape index (κ1) is 26.2. The van der Waals surface area contributed by atoms with Crippen LogP contribution >= 0.6 is 0 Å². The van der Waals surface area contributed by atoms with Crippen LogP contribution in [0.25, 0.3) is 6.08 Å². The first-order valence-electron chi connectivity index (χ1n) is 9.63. The lowest BCUT2D eigenvalue weighted by Crippen LogP contribution is -2.24. The summed E-state index contributed by atoms with van der Waals surface area (Å²) >= 11 is 0. The number of carbonyl (C=O) groups excluding carboxylic acids is 1. The third-order valence-corrected chi connectivity index (χ3v) is 6.02. The van der Waals surface area contributed by atoms with Crippen molar-refractivity contribution < 1.29 is 35.8 Å². The van der Waals surface area contributed by atoms with E-state index in [2.05, 4.69) is 10.2 Å². The van der Waals surface area contributed by atoms with Crippen molar-refractivity contribution in [2.75, 3.05) is 18.1 Å². The number of allylic oxidation sites excluding steroid dienone is 4. The van der Waals surface area contributed by atoms with Gasteiger partial charge in [-0.15, -0.1) is 0 Å². The normalized spacial score (nSPS) is 16.6. The average Bonchev–Trinajstić information content (AvgIpc) is 3.09. The summed E-state index contributed by atoms with van der Waals surface area (Å²) < 4.78 is 61.6. The number of hydrogen-bond acceptors (Lipinski definition) is 8. The molecule has 1 aromatic heterocycles. The number of H-pyrrole nitrogens is 1. The molecule has 15 heteroatoms. The Balaban J connectivity index is 1.98. The van der Waals surface area contributed by atoms with E-state index in [1.54, 1.807) is 6.92 Å². The minimum Gasteiger partial charge on any atom is -0.493 e. The van der Waals surface area contributed by atoms with Crippen LogP contribution in [0.15, 0.2) is 39.8 Å². The van der Waals surface area contributed by atoms with Crippen molar-refractivity contribution in [2.24, 2.45) is 5.10 Å². The molecule has 33 heavy (non-hydrogen) atoms. The summed E-state index contributed by atoms with van der Waals surface area (Å²) in [5.41, 5.74) is 0.0597. The molecule has 13 nitrogen and oxygen atoms in total. The Kier molecular flexibility index (Phi) is 8.54. The molecule has 4 N–H and O–H groups in total. The first-order valence-corrected chi connectivity index (χ1v) is 12.8. The Morgan fingerprint density at radius 2 is 1.58 bits per heavy atom. The lowest BCUT2D eigenvalue weighted by Gasteiger charge is -2.10. The first-order chi connectivity index (χ1) is 15.3. The third-order valence-electron chi connectivity index (χ3n) is 4.41. The van der Waals surface area contributed by atoms with E-state index >= 15 is 0 Å². The fourth-order valence-electron chi connectivity index (χ4n) is 2.88. The maximum atomic E-state index is 12.3. The maximum Gasteiger partial charge on any atom is 0.275 e. The Hall–Kier alpha value is -3.01. The molecule has 0 aromatic carbocycles. The molecule has 0 radical (unpaired) electrons. The number of amides is 1. The molecule has 0 unspecified atom stereocenters. The van der Waals surface area contributed by atoms with E-state index in [0.717, 1.165) is 9.69 Å². The van der Waals surface area contributed by atoms with Crippen LogP contribution in [0.2, 0.25) is 0 Å². The van der Waals surface area contributed by atoms with Crippen LogP contribution in [-0.2, 0) is 31.6 Å². The SMILES string of the molecule is CC1=NN(CCCS(=O)(=O)O)C(=O)C1=CC=CC=Cc1c(O)n(CCCS(=O)(=O)O)[nH]c1=O. The zero-order chi connectivity index (χ0) is 24.8. The molecule has 0 aliphatic carbocycles. The second kappa shape index (κ2) is 10.7. The van der Waals surface area contributed by atoms with Gasteiger partial charge in [0, 0.05) is 13.1 Å². The van der Waals surface area contributed by atoms with E-state index in [9.17, 15) is 31.5 Å². The molecule has 0 fully saturated rings. The number of aromatic nitrogens is 2. The quantitative estimate of drug-likeness (QED) is 0.184. The molecule has 1 amide bonds. The Morgan fingerprint density at radius 3 is 2.18 bits per heavy atom. The number of rotatable bonds is 11. The van der Waals surface area contributed by atoms with Crippen LogP contribution < -0.4 is 5.56 Å². The van der Waals surface area contributed by atoms with E-state index in [0.29, 0.717) is 5.71 Å². The molecule has 0 saturated heterocycles. The number of nitrogens with one attached hydrogen (secondary N) is 1. The standard InChI is InChI=1S/C18H24N4O9S2/c1-13-14(17(24)21(19-13)9-5-11-32(26,27)28)7-3-2-4-8-15-16(23)20-22(18(15)25)10-6-12-33(29,30)31/h2-4,7-8,25H,5-6,9-12H2,1H3,(H,20,23)(H,26,27,28)(H,29,30,31). The number of hydrazone groups is 1. The predicted molar refractivity (Wildman–Crippen MR) is 120 cm³/mol. The molecular formula is C18H24N4O9S2. The van der Waals surface area contributed by atoms with Gasteiger partial charge in [0.15, 0.2) is 0 Å². The molecule has 1 aliphatic rings. The van der Waals surface area contributed by atoms with Gasteiger partial charge >= 0.3 is 0 Å². The molecule has 0 bridgehead atoms. The molecule has 1 aliphatic heterocycles. The van der Waals surface area contributed by atoms with Crippen molar-refractivity contribution in [1.82, 2.24) is 14.8 Å². The molecule has 2 rings (SSSR count). The summed E-state index contributed by atoms with van der Waals surface area (Å²) in [4.78, 5) is 24.3. The van der Waals surface area contributed by atoms with Crippen molar-refractivity contribution in [3.63, 3.8) is 0 Å². The van der Waals surface area contributed by atoms with Crippen LogP contribution in [0.1, 0.15) is 25.3 Å². The van der Waals surface area contributed by atoms with Gasteiger partial charge in [-0.1, -0.05) is 18.2 Å². The minimum absolute atomic E-state index is 0.0184. The summed E-state index contributed by atoms with van der Waals surface area (Å²) in [6, 6.07) is 0. The summed E-state index contributed by atoms with van der Waals surface area (Å²) in [7, 11) is -8.26. The van der Waals surface area contributed by atoms with Crippen molar-refractivity contribution >= 4 is 37.9 Å². The monoisotopic (exact) mass is 504 g/mol. The largest absolute Gasteiger partial charge is 0.493 e. The van der Waals surface area contributed by atoms with Gasteiger partial charge in [-0.2, -0.15) is 21.9 Å². The molecular weight excluding hydrogens is 480 g/mol. The smallest absolute Gasteiger partial charge is 0.275 e. The van der Waals surface area contributed by atoms with Gasteiger partial charge in [-0.05, 0) is 31.9 Å². The molecule has 0 spiro atoms. The van der Waals surface area contributed by atoms with Crippen LogP contribution in [0, 0.1) is 0 Å². The van der Waals surface area contributed by atoms with E-state index in [1.165, 1.54) is 30.4 Å². The van der Waals surface area contributed by atoms with Gasteiger partial charge in [-0.25, -0.2) is 5.01 Å². The highest BCUT2D eigenvalue weighted by Crippen LogP contribution is 2.16. The number of aromatic hydroxyl groups is 1. The third kappa shape index (κ3) is 8.12. The average molecular weight is 505 g/mol. The van der Waals surface area contributed by atoms with E-state index in [-0.39, 0.29) is 37.1 Å². The van der Waals surface area contributed by atoms with E-state index in [4.69, 9.17) is 9.11 Å². The van der Waals surface area contributed by atoms with Crippen LogP contribution in [0.5, 0.6) is 5.88 Å². The van der Waals surface area contributed by atoms with Gasteiger partial charge in [-0.3, -0.25) is 28.5 Å². The highest BCUT2D eigenvalue weighted by molar-refractivity contribution is 7.86. The van der Waals surface area contributed by atoms with E-state index in [1.807, 2.05) is 0 Å². The van der Waals surface area contributed by atoms with Crippen LogP contribution in [-0.4, -0.2) is 75.5 Å². The number of hydrogen-bond donors (Lipinski definition) is 4. The molecule has 1 aromatic rings. The summed E-state index contributed by atoms with van der Waals surface area (Å²) in [6.45, 7) is 1.61. The predicted octanol–water partition coefficient (Wildman–Crippen LogP) is 0.152. The lowest BCUT2D eigenvalue weighted by molar-refractivity contribution is -0.125. The van der Waals surface area contributed by atoms with Gasteiger partial charge in [0.2, 0.25) is 5.88 Å². The zero-order valence-corrected chi connectivity index (χ0v) is 19.2. The Labute approximate surface area is 189 Å². The van der Waals surface area contributed by atoms with Crippen molar-refractivity contribution in [2.45, 2.75) is 26.3 Å². The zero-order valence-electron chi connectivity index (χ0n) is 17.6. The van der Waals surface area contributed by atoms with Crippen molar-refractivity contribution in [3.05, 3.63) is 45.8 Å². The summed E-state index contributed by atoms with van der Waals surface area (Å²) in [5.74, 6) is -1.82. The second-order valence-corrected chi connectivity index (χ2v) is 10.2. The molecule has 0 saturated carbocycles. The number of carbonyl (C=O) groups is 1. The van der Waals surface area contributed by atoms with Gasteiger partial charge in [0.1, 0.15) is 5.56 Å². The summed E-state index contributed by atoms with van der Waals surface area (Å²) in [5, 5.41) is 17.6. The Bertz CT molecular complexity index is 1280. The second-order valence-electron chi connectivity index (χ2n) is 7.05. The highest BCUT2D eigenvalue weighted by atomic mass is 32.2. The van der Waals surface area contributed by atoms with Gasteiger partial charge in [0.05, 0.1) is 22.8 Å². The van der Waals surface area contributed by atoms with E-state index < -0.39 is 49.1 Å². The maximum absolute atomic E-state index is 12.3. The topological polar surface area (TPSA) is 199 Å². The van der Waals surface area contributed by atoms with Crippen LogP contribution in [0.3, 0.4) is 0 Å². The molecule has 182 valence electrons. The molecule has 2 heterocycles. The fourth-order valence-corrected chi connectivity index (χ4v) is 3.87. The lowest BCUT2D eigenvalue weighted by atomic mass is 10.1. The van der Waals surface area contributed by atoms with Crippen LogP contribution in [0.4, 0.5) is 0 Å². The van der Waals surface area contributed by atoms with Gasteiger partial charge < -0.3 is 5.11 Å². The van der Waals surface area contributed by atoms with Crippen molar-refractivity contribution in [1.29, 1.82) is 0 Å². The minimum atomic E-state index is -4.15. The highest BCUT2D eigenvalue weighted by Gasteiger charge is 2.26. The molecule has 0 atom stereocenters.